The Morgan fingerprint density at radius 2 is 2.15 bits per heavy atom. The van der Waals surface area contributed by atoms with E-state index >= 15 is 0 Å². The van der Waals surface area contributed by atoms with Crippen molar-refractivity contribution in [3.63, 3.8) is 0 Å². The molecule has 0 aliphatic heterocycles. The van der Waals surface area contributed by atoms with E-state index in [0.29, 0.717) is 5.92 Å². The zero-order valence-corrected chi connectivity index (χ0v) is 12.6. The first-order chi connectivity index (χ1) is 9.79. The molecule has 0 radical (unpaired) electrons. The predicted molar refractivity (Wildman–Crippen MR) is 82.6 cm³/mol. The van der Waals surface area contributed by atoms with Crippen molar-refractivity contribution in [2.24, 2.45) is 5.92 Å². The van der Waals surface area contributed by atoms with Gasteiger partial charge >= 0.3 is 0 Å². The molecule has 0 saturated carbocycles. The van der Waals surface area contributed by atoms with E-state index in [2.05, 4.69) is 17.2 Å². The Kier molecular flexibility index (Phi) is 6.15. The first kappa shape index (κ1) is 15.1. The van der Waals surface area contributed by atoms with E-state index in [1.165, 1.54) is 4.88 Å². The van der Waals surface area contributed by atoms with E-state index < -0.39 is 0 Å². The Morgan fingerprint density at radius 3 is 2.85 bits per heavy atom. The van der Waals surface area contributed by atoms with Gasteiger partial charge < -0.3 is 5.32 Å². The van der Waals surface area contributed by atoms with Gasteiger partial charge in [0.1, 0.15) is 5.82 Å². The molecule has 0 spiro atoms. The third-order valence-corrected chi connectivity index (χ3v) is 4.10. The molecule has 1 N–H and O–H groups in total. The number of nitrogens with one attached hydrogen (secondary N) is 1. The number of hydrogen-bond donors (Lipinski definition) is 1. The van der Waals surface area contributed by atoms with E-state index in [0.717, 1.165) is 37.9 Å². The van der Waals surface area contributed by atoms with Crippen LogP contribution in [0.4, 0.5) is 4.39 Å². The smallest absolute Gasteiger partial charge is 0.126 e. The van der Waals surface area contributed by atoms with Crippen LogP contribution in [0.15, 0.2) is 36.0 Å². The molecule has 1 heterocycles. The maximum Gasteiger partial charge on any atom is 0.126 e. The number of benzene rings is 1. The van der Waals surface area contributed by atoms with Gasteiger partial charge in [-0.3, -0.25) is 4.98 Å². The number of thiazole rings is 1. The Bertz CT molecular complexity index is 499. The van der Waals surface area contributed by atoms with Crippen LogP contribution in [0.25, 0.3) is 0 Å². The van der Waals surface area contributed by atoms with Gasteiger partial charge in [-0.25, -0.2) is 4.39 Å². The van der Waals surface area contributed by atoms with Crippen LogP contribution in [0.1, 0.15) is 23.8 Å². The second-order valence-corrected chi connectivity index (χ2v) is 6.01. The first-order valence-corrected chi connectivity index (χ1v) is 7.99. The summed E-state index contributed by atoms with van der Waals surface area (Å²) in [6.45, 7) is 4.08. The van der Waals surface area contributed by atoms with Crippen molar-refractivity contribution >= 4 is 11.3 Å². The fourth-order valence-corrected chi connectivity index (χ4v) is 3.01. The van der Waals surface area contributed by atoms with Gasteiger partial charge in [0.25, 0.3) is 0 Å². The highest BCUT2D eigenvalue weighted by Gasteiger charge is 2.13. The molecule has 1 atom stereocenters. The standard InChI is InChI=1S/C16H21FN2S/c1-2-7-18-10-13(9-15-11-19-12-20-15)8-14-5-3-4-6-16(14)17/h3-6,11-13,18H,2,7-10H2,1H3. The monoisotopic (exact) mass is 292 g/mol. The van der Waals surface area contributed by atoms with Crippen LogP contribution in [0.5, 0.6) is 0 Å². The van der Waals surface area contributed by atoms with Gasteiger partial charge in [-0.15, -0.1) is 11.3 Å². The normalized spacial score (nSPS) is 12.5. The molecule has 0 bridgehead atoms. The van der Waals surface area contributed by atoms with Crippen LogP contribution in [-0.2, 0) is 12.8 Å². The van der Waals surface area contributed by atoms with Gasteiger partial charge in [0, 0.05) is 11.1 Å². The summed E-state index contributed by atoms with van der Waals surface area (Å²) in [7, 11) is 0. The summed E-state index contributed by atoms with van der Waals surface area (Å²) in [5, 5.41) is 3.45. The van der Waals surface area contributed by atoms with Crippen LogP contribution >= 0.6 is 11.3 Å². The number of hydrogen-bond acceptors (Lipinski definition) is 3. The highest BCUT2D eigenvalue weighted by atomic mass is 32.1. The molecule has 4 heteroatoms. The molecule has 2 rings (SSSR count). The summed E-state index contributed by atoms with van der Waals surface area (Å²) >= 11 is 1.67. The van der Waals surface area contributed by atoms with Gasteiger partial charge in [0.2, 0.25) is 0 Å². The fraction of sp³-hybridized carbons (Fsp3) is 0.438. The van der Waals surface area contributed by atoms with Crippen LogP contribution in [-0.4, -0.2) is 18.1 Å². The lowest BCUT2D eigenvalue weighted by molar-refractivity contribution is 0.463. The molecule has 0 saturated heterocycles. The average molecular weight is 292 g/mol. The van der Waals surface area contributed by atoms with E-state index in [1.54, 1.807) is 23.5 Å². The molecular weight excluding hydrogens is 271 g/mol. The summed E-state index contributed by atoms with van der Waals surface area (Å²) in [6, 6.07) is 7.07. The average Bonchev–Trinajstić information content (AvgIpc) is 2.94. The second-order valence-electron chi connectivity index (χ2n) is 5.04. The molecule has 0 aliphatic rings. The lowest BCUT2D eigenvalue weighted by Crippen LogP contribution is -2.26. The first-order valence-electron chi connectivity index (χ1n) is 7.11. The summed E-state index contributed by atoms with van der Waals surface area (Å²) in [5.74, 6) is 0.302. The predicted octanol–water partition coefficient (Wildman–Crippen LogP) is 3.68. The molecule has 0 amide bonds. The molecule has 20 heavy (non-hydrogen) atoms. The molecule has 108 valence electrons. The summed E-state index contributed by atoms with van der Waals surface area (Å²) in [5.41, 5.74) is 2.66. The number of rotatable bonds is 8. The van der Waals surface area contributed by atoms with Crippen molar-refractivity contribution in [3.8, 4) is 0 Å². The molecule has 0 aliphatic carbocycles. The SMILES string of the molecule is CCCNCC(Cc1cncs1)Cc1ccccc1F. The zero-order valence-electron chi connectivity index (χ0n) is 11.8. The Hall–Kier alpha value is -1.26. The van der Waals surface area contributed by atoms with Crippen molar-refractivity contribution in [1.29, 1.82) is 0 Å². The van der Waals surface area contributed by atoms with Gasteiger partial charge in [-0.2, -0.15) is 0 Å². The molecular formula is C16H21FN2S. The number of nitrogens with zero attached hydrogens (tertiary/aromatic N) is 1. The summed E-state index contributed by atoms with van der Waals surface area (Å²) < 4.78 is 13.8. The fourth-order valence-electron chi connectivity index (χ4n) is 2.30. The van der Waals surface area contributed by atoms with Crippen molar-refractivity contribution in [1.82, 2.24) is 10.3 Å². The highest BCUT2D eigenvalue weighted by Crippen LogP contribution is 2.18. The minimum absolute atomic E-state index is 0.0997. The van der Waals surface area contributed by atoms with E-state index in [-0.39, 0.29) is 5.82 Å². The summed E-state index contributed by atoms with van der Waals surface area (Å²) in [6.07, 6.45) is 4.75. The van der Waals surface area contributed by atoms with Crippen molar-refractivity contribution < 1.29 is 4.39 Å². The molecule has 2 nitrogen and oxygen atoms in total. The van der Waals surface area contributed by atoms with Gasteiger partial charge in [0.05, 0.1) is 5.51 Å². The third kappa shape index (κ3) is 4.69. The van der Waals surface area contributed by atoms with Gasteiger partial charge in [0.15, 0.2) is 0 Å². The lowest BCUT2D eigenvalue weighted by Gasteiger charge is -2.17. The third-order valence-electron chi connectivity index (χ3n) is 3.30. The second kappa shape index (κ2) is 8.12. The molecule has 1 aromatic carbocycles. The van der Waals surface area contributed by atoms with Gasteiger partial charge in [-0.05, 0) is 49.9 Å². The zero-order chi connectivity index (χ0) is 14.2. The Balaban J connectivity index is 1.99. The van der Waals surface area contributed by atoms with E-state index in [1.807, 2.05) is 23.8 Å². The Morgan fingerprint density at radius 1 is 1.30 bits per heavy atom. The van der Waals surface area contributed by atoms with Crippen molar-refractivity contribution in [3.05, 3.63) is 52.2 Å². The summed E-state index contributed by atoms with van der Waals surface area (Å²) in [4.78, 5) is 5.39. The molecule has 2 aromatic rings. The molecule has 0 fully saturated rings. The minimum Gasteiger partial charge on any atom is -0.316 e. The topological polar surface area (TPSA) is 24.9 Å². The maximum atomic E-state index is 13.8. The quantitative estimate of drug-likeness (QED) is 0.751. The van der Waals surface area contributed by atoms with Crippen LogP contribution in [0, 0.1) is 11.7 Å². The molecule has 1 unspecified atom stereocenters. The van der Waals surface area contributed by atoms with Crippen molar-refractivity contribution in [2.75, 3.05) is 13.1 Å². The van der Waals surface area contributed by atoms with Crippen molar-refractivity contribution in [2.45, 2.75) is 26.2 Å². The highest BCUT2D eigenvalue weighted by molar-refractivity contribution is 7.09. The van der Waals surface area contributed by atoms with E-state index in [9.17, 15) is 4.39 Å². The lowest BCUT2D eigenvalue weighted by atomic mass is 9.95. The number of halogens is 1. The van der Waals surface area contributed by atoms with Crippen LogP contribution in [0.3, 0.4) is 0 Å². The maximum absolute atomic E-state index is 13.8. The molecule has 1 aromatic heterocycles. The Labute approximate surface area is 124 Å². The van der Waals surface area contributed by atoms with Crippen LogP contribution < -0.4 is 5.32 Å². The van der Waals surface area contributed by atoms with Gasteiger partial charge in [-0.1, -0.05) is 25.1 Å². The minimum atomic E-state index is -0.0997. The van der Waals surface area contributed by atoms with E-state index in [4.69, 9.17) is 0 Å². The van der Waals surface area contributed by atoms with Crippen LogP contribution in [0.2, 0.25) is 0 Å². The number of aromatic nitrogens is 1. The largest absolute Gasteiger partial charge is 0.316 e.